The summed E-state index contributed by atoms with van der Waals surface area (Å²) in [6.45, 7) is 1.24. The largest absolute Gasteiger partial charge is 0.323 e. The number of rotatable bonds is 2. The number of imide groups is 1. The average molecular weight is 349 g/mol. The second kappa shape index (κ2) is 5.14. The van der Waals surface area contributed by atoms with Crippen molar-refractivity contribution in [1.82, 2.24) is 0 Å². The number of amides is 3. The summed E-state index contributed by atoms with van der Waals surface area (Å²) in [5.41, 5.74) is -0.0515. The molecule has 1 heterocycles. The van der Waals surface area contributed by atoms with Crippen molar-refractivity contribution >= 4 is 40.7 Å². The highest BCUT2D eigenvalue weighted by Gasteiger charge is 2.59. The summed E-state index contributed by atoms with van der Waals surface area (Å²) in [5.74, 6) is -2.40. The predicted molar refractivity (Wildman–Crippen MR) is 85.9 cm³/mol. The molecule has 5 nitrogen and oxygen atoms in total. The number of nitrogens with one attached hydrogen (secondary N) is 1. The molecule has 1 N–H and O–H groups in total. The van der Waals surface area contributed by atoms with E-state index >= 15 is 0 Å². The average Bonchev–Trinajstić information content (AvgIpc) is 3.17. The molecule has 3 aliphatic rings. The molecule has 124 valence electrons. The third kappa shape index (κ3) is 2.02. The maximum absolute atomic E-state index is 14.3. The fourth-order valence-electron chi connectivity index (χ4n) is 4.14. The van der Waals surface area contributed by atoms with Gasteiger partial charge in [0.25, 0.3) is 0 Å². The van der Waals surface area contributed by atoms with Crippen LogP contribution in [0, 0.1) is 29.5 Å². The van der Waals surface area contributed by atoms with E-state index in [4.69, 9.17) is 11.6 Å². The summed E-state index contributed by atoms with van der Waals surface area (Å²) in [5, 5.41) is 2.24. The topological polar surface area (TPSA) is 66.5 Å². The van der Waals surface area contributed by atoms with Crippen LogP contribution in [-0.4, -0.2) is 17.7 Å². The van der Waals surface area contributed by atoms with Crippen LogP contribution in [0.1, 0.15) is 13.3 Å². The molecule has 2 aliphatic carbocycles. The number of carbonyl (C=O) groups excluding carboxylic acids is 3. The second-order valence-electron chi connectivity index (χ2n) is 6.48. The molecule has 2 fully saturated rings. The van der Waals surface area contributed by atoms with Crippen LogP contribution >= 0.6 is 11.6 Å². The zero-order valence-electron chi connectivity index (χ0n) is 12.8. The van der Waals surface area contributed by atoms with Crippen molar-refractivity contribution in [2.45, 2.75) is 13.3 Å². The van der Waals surface area contributed by atoms with E-state index in [2.05, 4.69) is 5.32 Å². The lowest BCUT2D eigenvalue weighted by atomic mass is 9.85. The van der Waals surface area contributed by atoms with Crippen LogP contribution in [0.4, 0.5) is 15.8 Å². The van der Waals surface area contributed by atoms with Crippen molar-refractivity contribution < 1.29 is 18.8 Å². The normalized spacial score (nSPS) is 30.2. The van der Waals surface area contributed by atoms with Gasteiger partial charge in [-0.3, -0.25) is 14.4 Å². The summed E-state index contributed by atoms with van der Waals surface area (Å²) < 4.78 is 14.3. The van der Waals surface area contributed by atoms with Gasteiger partial charge in [0.05, 0.1) is 28.2 Å². The van der Waals surface area contributed by atoms with Crippen LogP contribution in [0.25, 0.3) is 0 Å². The minimum atomic E-state index is -0.786. The Bertz CT molecular complexity index is 769. The van der Waals surface area contributed by atoms with E-state index in [1.165, 1.54) is 13.0 Å². The fourth-order valence-corrected chi connectivity index (χ4v) is 4.39. The smallest absolute Gasteiger partial charge is 0.238 e. The first-order valence-corrected chi connectivity index (χ1v) is 8.09. The van der Waals surface area contributed by atoms with Crippen molar-refractivity contribution in [2.24, 2.45) is 23.7 Å². The van der Waals surface area contributed by atoms with Gasteiger partial charge in [0, 0.05) is 13.0 Å². The fraction of sp³-hybridized carbons (Fsp3) is 0.353. The number of carbonyl (C=O) groups is 3. The molecule has 1 aliphatic heterocycles. The maximum Gasteiger partial charge on any atom is 0.238 e. The van der Waals surface area contributed by atoms with E-state index in [1.807, 2.05) is 12.2 Å². The first-order valence-electron chi connectivity index (χ1n) is 7.71. The van der Waals surface area contributed by atoms with Gasteiger partial charge in [0.1, 0.15) is 5.82 Å². The van der Waals surface area contributed by atoms with Gasteiger partial charge < -0.3 is 5.32 Å². The minimum absolute atomic E-state index is 0.0565. The summed E-state index contributed by atoms with van der Waals surface area (Å²) in [6.07, 6.45) is 4.82. The van der Waals surface area contributed by atoms with Crippen molar-refractivity contribution in [3.63, 3.8) is 0 Å². The summed E-state index contributed by atoms with van der Waals surface area (Å²) >= 11 is 6.03. The summed E-state index contributed by atoms with van der Waals surface area (Å²) in [7, 11) is 0. The highest BCUT2D eigenvalue weighted by molar-refractivity contribution is 6.34. The molecule has 3 amide bonds. The molecular weight excluding hydrogens is 335 g/mol. The van der Waals surface area contributed by atoms with Gasteiger partial charge in [0.15, 0.2) is 0 Å². The van der Waals surface area contributed by atoms with E-state index < -0.39 is 11.7 Å². The zero-order valence-corrected chi connectivity index (χ0v) is 13.5. The monoisotopic (exact) mass is 348 g/mol. The van der Waals surface area contributed by atoms with Crippen molar-refractivity contribution in [1.29, 1.82) is 0 Å². The lowest BCUT2D eigenvalue weighted by Crippen LogP contribution is -2.33. The van der Waals surface area contributed by atoms with Crippen LogP contribution in [0.5, 0.6) is 0 Å². The Hall–Kier alpha value is -2.21. The molecule has 1 unspecified atom stereocenters. The molecule has 4 atom stereocenters. The first kappa shape index (κ1) is 15.3. The first-order chi connectivity index (χ1) is 11.4. The number of fused-ring (bicyclic) bond motifs is 5. The molecule has 1 saturated heterocycles. The molecule has 1 aromatic carbocycles. The van der Waals surface area contributed by atoms with Crippen LogP contribution in [0.15, 0.2) is 24.3 Å². The Morgan fingerprint density at radius 1 is 1.21 bits per heavy atom. The number of benzene rings is 1. The molecule has 7 heteroatoms. The highest BCUT2D eigenvalue weighted by Crippen LogP contribution is 2.53. The lowest BCUT2D eigenvalue weighted by molar-refractivity contribution is -0.123. The van der Waals surface area contributed by atoms with E-state index in [-0.39, 0.29) is 51.9 Å². The summed E-state index contributed by atoms with van der Waals surface area (Å²) in [4.78, 5) is 37.6. The van der Waals surface area contributed by atoms with E-state index in [1.54, 1.807) is 0 Å². The van der Waals surface area contributed by atoms with Gasteiger partial charge in [-0.15, -0.1) is 0 Å². The lowest BCUT2D eigenvalue weighted by Gasteiger charge is -2.19. The Balaban J connectivity index is 1.71. The quantitative estimate of drug-likeness (QED) is 0.660. The predicted octanol–water partition coefficient (Wildman–Crippen LogP) is 2.75. The second-order valence-corrected chi connectivity index (χ2v) is 6.88. The van der Waals surface area contributed by atoms with Crippen molar-refractivity contribution in [3.05, 3.63) is 35.1 Å². The van der Waals surface area contributed by atoms with Gasteiger partial charge in [0.2, 0.25) is 17.7 Å². The zero-order chi connectivity index (χ0) is 17.2. The van der Waals surface area contributed by atoms with Crippen LogP contribution in [0.2, 0.25) is 5.02 Å². The van der Waals surface area contributed by atoms with Gasteiger partial charge in [-0.05, 0) is 24.3 Å². The van der Waals surface area contributed by atoms with E-state index in [0.717, 1.165) is 17.4 Å². The number of allylic oxidation sites excluding steroid dienone is 2. The van der Waals surface area contributed by atoms with Crippen LogP contribution in [-0.2, 0) is 14.4 Å². The van der Waals surface area contributed by atoms with E-state index in [9.17, 15) is 18.8 Å². The molecule has 24 heavy (non-hydrogen) atoms. The Kier molecular flexibility index (Phi) is 3.28. The Morgan fingerprint density at radius 3 is 2.29 bits per heavy atom. The van der Waals surface area contributed by atoms with Crippen LogP contribution in [0.3, 0.4) is 0 Å². The van der Waals surface area contributed by atoms with Gasteiger partial charge in [-0.25, -0.2) is 9.29 Å². The Morgan fingerprint density at radius 2 is 1.79 bits per heavy atom. The third-order valence-electron chi connectivity index (χ3n) is 5.06. The van der Waals surface area contributed by atoms with Crippen molar-refractivity contribution in [3.8, 4) is 0 Å². The van der Waals surface area contributed by atoms with Crippen LogP contribution < -0.4 is 10.2 Å². The molecule has 2 bridgehead atoms. The molecule has 0 radical (unpaired) electrons. The van der Waals surface area contributed by atoms with Gasteiger partial charge in [-0.2, -0.15) is 0 Å². The number of anilines is 2. The number of hydrogen-bond donors (Lipinski definition) is 1. The number of halogens is 2. The molecule has 1 saturated carbocycles. The SMILES string of the molecule is CC(=O)Nc1c(F)cc(N2C(=O)C3[C@@H]4C=C[C@@H](C4)[C@@H]3C2=O)cc1Cl. The number of nitrogens with zero attached hydrogens (tertiary/aromatic N) is 1. The van der Waals surface area contributed by atoms with E-state index in [0.29, 0.717) is 0 Å². The molecule has 4 rings (SSSR count). The van der Waals surface area contributed by atoms with Gasteiger partial charge in [-0.1, -0.05) is 23.8 Å². The minimum Gasteiger partial charge on any atom is -0.323 e. The third-order valence-corrected chi connectivity index (χ3v) is 5.35. The standard InChI is InChI=1S/C17H14ClFN2O3/c1-7(22)20-15-11(18)5-10(6-12(15)19)21-16(23)13-8-2-3-9(4-8)14(13)17(21)24/h2-3,5-6,8-9,13-14H,4H2,1H3,(H,20,22)/t8-,9+,13-,14?/m0/s1. The molecule has 1 aromatic rings. The highest BCUT2D eigenvalue weighted by atomic mass is 35.5. The number of hydrogen-bond acceptors (Lipinski definition) is 3. The van der Waals surface area contributed by atoms with Crippen molar-refractivity contribution in [2.75, 3.05) is 10.2 Å². The summed E-state index contributed by atoms with van der Waals surface area (Å²) in [6, 6.07) is 2.39. The molecule has 0 spiro atoms. The molecule has 0 aromatic heterocycles. The molecular formula is C17H14ClFN2O3. The maximum atomic E-state index is 14.3. The van der Waals surface area contributed by atoms with Gasteiger partial charge >= 0.3 is 0 Å². The Labute approximate surface area is 142 Å².